The van der Waals surface area contributed by atoms with Crippen LogP contribution in [0.3, 0.4) is 0 Å². The van der Waals surface area contributed by atoms with E-state index in [-0.39, 0.29) is 17.6 Å². The molecule has 1 fully saturated rings. The van der Waals surface area contributed by atoms with E-state index in [2.05, 4.69) is 15.1 Å². The van der Waals surface area contributed by atoms with E-state index in [9.17, 15) is 9.18 Å². The molecule has 1 aliphatic rings. The summed E-state index contributed by atoms with van der Waals surface area (Å²) >= 11 is 0. The molecule has 7 heteroatoms. The minimum Gasteiger partial charge on any atom is -0.356 e. The number of halogens is 1. The summed E-state index contributed by atoms with van der Waals surface area (Å²) in [5.74, 6) is -0.0309. The molecule has 0 radical (unpaired) electrons. The van der Waals surface area contributed by atoms with Crippen LogP contribution in [0, 0.1) is 5.82 Å². The molecular formula is C18H17FN4O2. The third-order valence-corrected chi connectivity index (χ3v) is 4.67. The number of likely N-dealkylation sites (tertiary alicyclic amines) is 1. The van der Waals surface area contributed by atoms with Crippen LogP contribution in [0.4, 0.5) is 4.39 Å². The number of benzene rings is 1. The molecule has 0 N–H and O–H groups in total. The van der Waals surface area contributed by atoms with E-state index in [1.807, 2.05) is 4.90 Å². The number of aromatic nitrogens is 3. The van der Waals surface area contributed by atoms with E-state index in [1.165, 1.54) is 18.5 Å². The van der Waals surface area contributed by atoms with Crippen LogP contribution in [-0.2, 0) is 11.2 Å². The Kier molecular flexibility index (Phi) is 4.13. The Labute approximate surface area is 143 Å². The van der Waals surface area contributed by atoms with Crippen LogP contribution in [0.5, 0.6) is 0 Å². The van der Waals surface area contributed by atoms with Crippen molar-refractivity contribution in [3.63, 3.8) is 0 Å². The van der Waals surface area contributed by atoms with E-state index < -0.39 is 0 Å². The number of hydrogen-bond donors (Lipinski definition) is 0. The minimum atomic E-state index is -0.333. The lowest BCUT2D eigenvalue weighted by Crippen LogP contribution is -2.38. The lowest BCUT2D eigenvalue weighted by Gasteiger charge is -2.31. The molecule has 3 heterocycles. The van der Waals surface area contributed by atoms with Gasteiger partial charge >= 0.3 is 0 Å². The van der Waals surface area contributed by atoms with Crippen molar-refractivity contribution in [2.75, 3.05) is 13.1 Å². The Hall–Kier alpha value is -2.83. The Bertz CT molecular complexity index is 888. The van der Waals surface area contributed by atoms with Crippen LogP contribution in [0.15, 0.2) is 41.4 Å². The van der Waals surface area contributed by atoms with E-state index >= 15 is 0 Å². The fourth-order valence-electron chi connectivity index (χ4n) is 3.34. The van der Waals surface area contributed by atoms with Gasteiger partial charge in [-0.3, -0.25) is 4.79 Å². The molecule has 128 valence electrons. The van der Waals surface area contributed by atoms with Gasteiger partial charge in [-0.2, -0.15) is 0 Å². The summed E-state index contributed by atoms with van der Waals surface area (Å²) in [4.78, 5) is 22.1. The van der Waals surface area contributed by atoms with Gasteiger partial charge in [-0.15, -0.1) is 0 Å². The number of rotatable bonds is 3. The van der Waals surface area contributed by atoms with Crippen molar-refractivity contribution >= 4 is 16.9 Å². The van der Waals surface area contributed by atoms with Crippen LogP contribution in [0.2, 0.25) is 0 Å². The zero-order valence-electron chi connectivity index (χ0n) is 13.6. The third kappa shape index (κ3) is 3.22. The summed E-state index contributed by atoms with van der Waals surface area (Å²) in [6.45, 7) is 1.35. The molecule has 0 bridgehead atoms. The predicted molar refractivity (Wildman–Crippen MR) is 88.3 cm³/mol. The highest BCUT2D eigenvalue weighted by atomic mass is 19.1. The zero-order chi connectivity index (χ0) is 17.2. The molecule has 0 atom stereocenters. The highest BCUT2D eigenvalue weighted by molar-refractivity contribution is 5.80. The molecule has 0 aliphatic carbocycles. The van der Waals surface area contributed by atoms with Gasteiger partial charge in [-0.1, -0.05) is 5.16 Å². The van der Waals surface area contributed by atoms with Gasteiger partial charge in [-0.05, 0) is 30.5 Å². The third-order valence-electron chi connectivity index (χ3n) is 4.67. The van der Waals surface area contributed by atoms with Crippen LogP contribution in [0.25, 0.3) is 11.0 Å². The smallest absolute Gasteiger partial charge is 0.227 e. The maximum absolute atomic E-state index is 13.3. The van der Waals surface area contributed by atoms with E-state index in [0.29, 0.717) is 25.1 Å². The normalized spacial score (nSPS) is 15.6. The van der Waals surface area contributed by atoms with Crippen LogP contribution < -0.4 is 0 Å². The lowest BCUT2D eigenvalue weighted by atomic mass is 9.91. The van der Waals surface area contributed by atoms with Crippen molar-refractivity contribution < 1.29 is 13.7 Å². The standard InChI is InChI=1S/C18H17FN4O2/c19-14-1-2-15-16(8-14)25-22-18(15)13-3-5-23(6-4-13)17(24)7-12-9-20-11-21-10-12/h1-2,8-11,13H,3-7H2. The first-order valence-corrected chi connectivity index (χ1v) is 8.27. The fourth-order valence-corrected chi connectivity index (χ4v) is 3.34. The summed E-state index contributed by atoms with van der Waals surface area (Å²) in [5, 5.41) is 4.99. The molecule has 0 unspecified atom stereocenters. The number of hydrogen-bond acceptors (Lipinski definition) is 5. The predicted octanol–water partition coefficient (Wildman–Crippen LogP) is 2.71. The highest BCUT2D eigenvalue weighted by Gasteiger charge is 2.27. The number of amides is 1. The van der Waals surface area contributed by atoms with Gasteiger partial charge in [0.25, 0.3) is 0 Å². The van der Waals surface area contributed by atoms with Gasteiger partial charge in [0.2, 0.25) is 5.91 Å². The second kappa shape index (κ2) is 6.58. The van der Waals surface area contributed by atoms with Crippen molar-refractivity contribution in [1.29, 1.82) is 0 Å². The molecule has 1 saturated heterocycles. The summed E-state index contributed by atoms with van der Waals surface area (Å²) in [6.07, 6.45) is 6.73. The molecule has 2 aromatic heterocycles. The second-order valence-corrected chi connectivity index (χ2v) is 6.29. The first-order valence-electron chi connectivity index (χ1n) is 8.27. The highest BCUT2D eigenvalue weighted by Crippen LogP contribution is 2.32. The van der Waals surface area contributed by atoms with Gasteiger partial charge in [0, 0.05) is 42.9 Å². The van der Waals surface area contributed by atoms with Crippen molar-refractivity contribution in [3.8, 4) is 0 Å². The number of carbonyl (C=O) groups excluding carboxylic acids is 1. The molecule has 1 amide bonds. The number of piperidine rings is 1. The van der Waals surface area contributed by atoms with Crippen LogP contribution >= 0.6 is 0 Å². The van der Waals surface area contributed by atoms with Gasteiger partial charge in [0.05, 0.1) is 12.1 Å². The van der Waals surface area contributed by atoms with Crippen molar-refractivity contribution in [1.82, 2.24) is 20.0 Å². The molecule has 1 aliphatic heterocycles. The molecule has 0 saturated carbocycles. The first-order chi connectivity index (χ1) is 12.2. The van der Waals surface area contributed by atoms with E-state index in [1.54, 1.807) is 18.5 Å². The molecular weight excluding hydrogens is 323 g/mol. The van der Waals surface area contributed by atoms with Gasteiger partial charge < -0.3 is 9.42 Å². The Balaban J connectivity index is 1.41. The van der Waals surface area contributed by atoms with Gasteiger partial charge in [-0.25, -0.2) is 14.4 Å². The zero-order valence-corrected chi connectivity index (χ0v) is 13.6. The second-order valence-electron chi connectivity index (χ2n) is 6.29. The summed E-state index contributed by atoms with van der Waals surface area (Å²) in [7, 11) is 0. The van der Waals surface area contributed by atoms with E-state index in [4.69, 9.17) is 4.52 Å². The number of nitrogens with zero attached hydrogens (tertiary/aromatic N) is 4. The minimum absolute atomic E-state index is 0.0836. The number of carbonyl (C=O) groups is 1. The summed E-state index contributed by atoms with van der Waals surface area (Å²) < 4.78 is 18.5. The molecule has 0 spiro atoms. The van der Waals surface area contributed by atoms with Gasteiger partial charge in [0.15, 0.2) is 5.58 Å². The molecule has 25 heavy (non-hydrogen) atoms. The largest absolute Gasteiger partial charge is 0.356 e. The average molecular weight is 340 g/mol. The van der Waals surface area contributed by atoms with Crippen molar-refractivity contribution in [3.05, 3.63) is 54.0 Å². The van der Waals surface area contributed by atoms with Crippen LogP contribution in [0.1, 0.15) is 30.0 Å². The Morgan fingerprint density at radius 3 is 2.76 bits per heavy atom. The fraction of sp³-hybridized carbons (Fsp3) is 0.333. The molecule has 1 aromatic carbocycles. The SMILES string of the molecule is O=C(Cc1cncnc1)N1CCC(c2noc3cc(F)ccc23)CC1. The molecule has 3 aromatic rings. The average Bonchev–Trinajstić information content (AvgIpc) is 3.05. The van der Waals surface area contributed by atoms with Crippen molar-refractivity contribution in [2.24, 2.45) is 0 Å². The maximum atomic E-state index is 13.3. The van der Waals surface area contributed by atoms with Crippen LogP contribution in [-0.4, -0.2) is 39.0 Å². The quantitative estimate of drug-likeness (QED) is 0.733. The lowest BCUT2D eigenvalue weighted by molar-refractivity contribution is -0.131. The first kappa shape index (κ1) is 15.7. The summed E-state index contributed by atoms with van der Waals surface area (Å²) in [5.41, 5.74) is 2.15. The van der Waals surface area contributed by atoms with Gasteiger partial charge in [0.1, 0.15) is 12.1 Å². The van der Waals surface area contributed by atoms with Crippen molar-refractivity contribution in [2.45, 2.75) is 25.2 Å². The monoisotopic (exact) mass is 340 g/mol. The summed E-state index contributed by atoms with van der Waals surface area (Å²) in [6, 6.07) is 4.49. The topological polar surface area (TPSA) is 72.1 Å². The Morgan fingerprint density at radius 1 is 1.24 bits per heavy atom. The van der Waals surface area contributed by atoms with E-state index in [0.717, 1.165) is 29.5 Å². The molecule has 6 nitrogen and oxygen atoms in total. The number of fused-ring (bicyclic) bond motifs is 1. The Morgan fingerprint density at radius 2 is 2.00 bits per heavy atom. The molecule has 4 rings (SSSR count). The maximum Gasteiger partial charge on any atom is 0.227 e.